The number of rotatable bonds is 4. The van der Waals surface area contributed by atoms with Crippen LogP contribution in [-0.2, 0) is 9.59 Å². The predicted molar refractivity (Wildman–Crippen MR) is 92.0 cm³/mol. The highest BCUT2D eigenvalue weighted by Crippen LogP contribution is 2.24. The maximum Gasteiger partial charge on any atom is 0.227 e. The molecule has 2 fully saturated rings. The van der Waals surface area contributed by atoms with E-state index < -0.39 is 0 Å². The Morgan fingerprint density at radius 2 is 1.92 bits per heavy atom. The van der Waals surface area contributed by atoms with Gasteiger partial charge in [0.05, 0.1) is 5.92 Å². The van der Waals surface area contributed by atoms with Crippen molar-refractivity contribution < 1.29 is 14.3 Å². The molecule has 2 aliphatic heterocycles. The number of carbonyl (C=O) groups excluding carboxylic acids is 2. The van der Waals surface area contributed by atoms with Gasteiger partial charge in [-0.2, -0.15) is 0 Å². The van der Waals surface area contributed by atoms with E-state index in [0.717, 1.165) is 18.6 Å². The summed E-state index contributed by atoms with van der Waals surface area (Å²) in [5.41, 5.74) is 0. The van der Waals surface area contributed by atoms with Crippen LogP contribution < -0.4 is 4.74 Å². The Labute approximate surface area is 147 Å². The number of likely N-dealkylation sites (tertiary alicyclic amines) is 2. The van der Waals surface area contributed by atoms with Crippen molar-refractivity contribution in [2.24, 2.45) is 5.92 Å². The number of piperidine rings is 1. The Morgan fingerprint density at radius 1 is 1.25 bits per heavy atom. The first-order chi connectivity index (χ1) is 11.6. The minimum atomic E-state index is -0.175. The van der Waals surface area contributed by atoms with Gasteiger partial charge < -0.3 is 14.5 Å². The van der Waals surface area contributed by atoms with E-state index in [4.69, 9.17) is 16.3 Å². The zero-order chi connectivity index (χ0) is 17.1. The first kappa shape index (κ1) is 17.1. The van der Waals surface area contributed by atoms with Gasteiger partial charge in [-0.25, -0.2) is 0 Å². The molecule has 130 valence electrons. The van der Waals surface area contributed by atoms with Gasteiger partial charge in [0.15, 0.2) is 0 Å². The molecule has 0 aliphatic carbocycles. The molecule has 3 rings (SSSR count). The molecule has 5 nitrogen and oxygen atoms in total. The second-order valence-corrected chi connectivity index (χ2v) is 6.87. The topological polar surface area (TPSA) is 49.9 Å². The molecule has 1 atom stereocenters. The Balaban J connectivity index is 1.49. The highest BCUT2D eigenvalue weighted by molar-refractivity contribution is 6.30. The number of ether oxygens (including phenoxy) is 1. The van der Waals surface area contributed by atoms with Crippen LogP contribution in [0.1, 0.15) is 26.2 Å². The standard InChI is InChI=1S/C18H23ClN2O3/c1-2-20-12-13(11-17(20)22)18(23)21-9-7-16(8-10-21)24-15-5-3-14(19)4-6-15/h3-6,13,16H,2,7-12H2,1H3/t13-/m1/s1. The van der Waals surface area contributed by atoms with E-state index in [-0.39, 0.29) is 23.8 Å². The fourth-order valence-electron chi connectivity index (χ4n) is 3.40. The number of hydrogen-bond acceptors (Lipinski definition) is 3. The van der Waals surface area contributed by atoms with Crippen LogP contribution in [0.4, 0.5) is 0 Å². The van der Waals surface area contributed by atoms with Crippen LogP contribution >= 0.6 is 11.6 Å². The lowest BCUT2D eigenvalue weighted by molar-refractivity contribution is -0.137. The Hall–Kier alpha value is -1.75. The van der Waals surface area contributed by atoms with Gasteiger partial charge in [0.2, 0.25) is 11.8 Å². The highest BCUT2D eigenvalue weighted by Gasteiger charge is 2.36. The fourth-order valence-corrected chi connectivity index (χ4v) is 3.53. The maximum absolute atomic E-state index is 12.6. The van der Waals surface area contributed by atoms with Gasteiger partial charge in [0.1, 0.15) is 11.9 Å². The average molecular weight is 351 g/mol. The van der Waals surface area contributed by atoms with Gasteiger partial charge in [-0.1, -0.05) is 11.6 Å². The summed E-state index contributed by atoms with van der Waals surface area (Å²) in [6.45, 7) is 4.57. The molecule has 24 heavy (non-hydrogen) atoms. The summed E-state index contributed by atoms with van der Waals surface area (Å²) in [5.74, 6) is 0.844. The molecule has 0 N–H and O–H groups in total. The summed E-state index contributed by atoms with van der Waals surface area (Å²) in [6, 6.07) is 7.35. The van der Waals surface area contributed by atoms with Gasteiger partial charge >= 0.3 is 0 Å². The molecule has 2 saturated heterocycles. The SMILES string of the molecule is CCN1C[C@H](C(=O)N2CCC(Oc3ccc(Cl)cc3)CC2)CC1=O. The van der Waals surface area contributed by atoms with Gasteiger partial charge in [-0.3, -0.25) is 9.59 Å². The van der Waals surface area contributed by atoms with Crippen molar-refractivity contribution in [1.29, 1.82) is 0 Å². The minimum absolute atomic E-state index is 0.0943. The lowest BCUT2D eigenvalue weighted by Gasteiger charge is -2.33. The molecule has 6 heteroatoms. The second kappa shape index (κ2) is 7.43. The molecule has 0 unspecified atom stereocenters. The number of carbonyl (C=O) groups is 2. The van der Waals surface area contributed by atoms with Crippen molar-refractivity contribution in [2.45, 2.75) is 32.3 Å². The average Bonchev–Trinajstić information content (AvgIpc) is 2.98. The monoisotopic (exact) mass is 350 g/mol. The molecule has 2 aliphatic rings. The molecule has 2 amide bonds. The Morgan fingerprint density at radius 3 is 2.50 bits per heavy atom. The van der Waals surface area contributed by atoms with E-state index in [9.17, 15) is 9.59 Å². The Kier molecular flexibility index (Phi) is 5.29. The Bertz CT molecular complexity index is 597. The van der Waals surface area contributed by atoms with Crippen LogP contribution in [-0.4, -0.2) is 53.9 Å². The van der Waals surface area contributed by atoms with E-state index in [1.807, 2.05) is 36.1 Å². The first-order valence-corrected chi connectivity index (χ1v) is 8.93. The van der Waals surface area contributed by atoms with Crippen molar-refractivity contribution in [2.75, 3.05) is 26.2 Å². The van der Waals surface area contributed by atoms with E-state index >= 15 is 0 Å². The molecule has 0 spiro atoms. The molecular weight excluding hydrogens is 328 g/mol. The highest BCUT2D eigenvalue weighted by atomic mass is 35.5. The van der Waals surface area contributed by atoms with E-state index in [2.05, 4.69) is 0 Å². The van der Waals surface area contributed by atoms with E-state index in [1.54, 1.807) is 4.90 Å². The molecular formula is C18H23ClN2O3. The minimum Gasteiger partial charge on any atom is -0.490 e. The zero-order valence-corrected chi connectivity index (χ0v) is 14.7. The fraction of sp³-hybridized carbons (Fsp3) is 0.556. The summed E-state index contributed by atoms with van der Waals surface area (Å²) in [7, 11) is 0. The third-order valence-electron chi connectivity index (χ3n) is 4.82. The van der Waals surface area contributed by atoms with Gasteiger partial charge in [0.25, 0.3) is 0 Å². The molecule has 0 radical (unpaired) electrons. The van der Waals surface area contributed by atoms with Crippen molar-refractivity contribution >= 4 is 23.4 Å². The smallest absolute Gasteiger partial charge is 0.227 e. The van der Waals surface area contributed by atoms with Crippen LogP contribution in [0.15, 0.2) is 24.3 Å². The van der Waals surface area contributed by atoms with E-state index in [1.165, 1.54) is 0 Å². The normalized spacial score (nSPS) is 22.1. The number of amides is 2. The van der Waals surface area contributed by atoms with Crippen LogP contribution in [0.5, 0.6) is 5.75 Å². The maximum atomic E-state index is 12.6. The summed E-state index contributed by atoms with van der Waals surface area (Å²) < 4.78 is 5.96. The summed E-state index contributed by atoms with van der Waals surface area (Å²) in [4.78, 5) is 28.1. The zero-order valence-electron chi connectivity index (χ0n) is 13.9. The van der Waals surface area contributed by atoms with Crippen LogP contribution in [0.2, 0.25) is 5.02 Å². The molecule has 0 saturated carbocycles. The van der Waals surface area contributed by atoms with E-state index in [0.29, 0.717) is 37.6 Å². The van der Waals surface area contributed by atoms with Crippen molar-refractivity contribution in [3.63, 3.8) is 0 Å². The van der Waals surface area contributed by atoms with Crippen molar-refractivity contribution in [3.05, 3.63) is 29.3 Å². The van der Waals surface area contributed by atoms with Gasteiger partial charge in [-0.15, -0.1) is 0 Å². The summed E-state index contributed by atoms with van der Waals surface area (Å²) >= 11 is 5.87. The van der Waals surface area contributed by atoms with Crippen LogP contribution in [0.3, 0.4) is 0 Å². The van der Waals surface area contributed by atoms with Crippen molar-refractivity contribution in [1.82, 2.24) is 9.80 Å². The lowest BCUT2D eigenvalue weighted by atomic mass is 10.0. The van der Waals surface area contributed by atoms with Crippen molar-refractivity contribution in [3.8, 4) is 5.75 Å². The van der Waals surface area contributed by atoms with Gasteiger partial charge in [0, 0.05) is 50.5 Å². The molecule has 1 aromatic rings. The van der Waals surface area contributed by atoms with Crippen LogP contribution in [0.25, 0.3) is 0 Å². The lowest BCUT2D eigenvalue weighted by Crippen LogP contribution is -2.44. The number of halogens is 1. The van der Waals surface area contributed by atoms with Gasteiger partial charge in [-0.05, 0) is 31.2 Å². The third kappa shape index (κ3) is 3.83. The second-order valence-electron chi connectivity index (χ2n) is 6.43. The number of hydrogen-bond donors (Lipinski definition) is 0. The third-order valence-corrected chi connectivity index (χ3v) is 5.07. The largest absolute Gasteiger partial charge is 0.490 e. The van der Waals surface area contributed by atoms with Crippen LogP contribution in [0, 0.1) is 5.92 Å². The first-order valence-electron chi connectivity index (χ1n) is 8.55. The predicted octanol–water partition coefficient (Wildman–Crippen LogP) is 2.58. The molecule has 2 heterocycles. The molecule has 0 bridgehead atoms. The number of nitrogens with zero attached hydrogens (tertiary/aromatic N) is 2. The molecule has 0 aromatic heterocycles. The number of benzene rings is 1. The quantitative estimate of drug-likeness (QED) is 0.838. The summed E-state index contributed by atoms with van der Waals surface area (Å²) in [5, 5.41) is 0.690. The summed E-state index contributed by atoms with van der Waals surface area (Å²) in [6.07, 6.45) is 2.10. The molecule has 1 aromatic carbocycles.